The van der Waals surface area contributed by atoms with Crippen LogP contribution in [0, 0.1) is 6.92 Å². The van der Waals surface area contributed by atoms with Crippen molar-refractivity contribution in [2.45, 2.75) is 13.5 Å². The fourth-order valence-electron chi connectivity index (χ4n) is 2.58. The maximum atomic E-state index is 12.2. The van der Waals surface area contributed by atoms with Crippen LogP contribution >= 0.6 is 0 Å². The van der Waals surface area contributed by atoms with Crippen LogP contribution in [-0.4, -0.2) is 24.0 Å². The topological polar surface area (TPSA) is 53.4 Å². The Morgan fingerprint density at radius 3 is 2.40 bits per heavy atom. The second kappa shape index (κ2) is 7.21. The second-order valence-electron chi connectivity index (χ2n) is 5.77. The van der Waals surface area contributed by atoms with Crippen molar-refractivity contribution in [1.29, 1.82) is 0 Å². The van der Waals surface area contributed by atoms with E-state index in [0.29, 0.717) is 23.7 Å². The maximum absolute atomic E-state index is 12.2. The number of hydrogen-bond donors (Lipinski definition) is 0. The van der Waals surface area contributed by atoms with Crippen LogP contribution in [0.4, 0.5) is 0 Å². The minimum absolute atomic E-state index is 0.142. The first-order chi connectivity index (χ1) is 12.1. The summed E-state index contributed by atoms with van der Waals surface area (Å²) in [6.45, 7) is 2.45. The van der Waals surface area contributed by atoms with E-state index in [0.717, 1.165) is 11.1 Å². The lowest BCUT2D eigenvalue weighted by molar-refractivity contribution is 0.395. The molecule has 0 N–H and O–H groups in total. The zero-order valence-corrected chi connectivity index (χ0v) is 14.5. The molecule has 0 saturated heterocycles. The molecule has 0 aliphatic heterocycles. The van der Waals surface area contributed by atoms with Gasteiger partial charge in [0.25, 0.3) is 5.56 Å². The Balaban J connectivity index is 1.99. The molecular weight excluding hydrogens is 316 g/mol. The van der Waals surface area contributed by atoms with Gasteiger partial charge in [0.1, 0.15) is 11.5 Å². The van der Waals surface area contributed by atoms with Gasteiger partial charge >= 0.3 is 0 Å². The third kappa shape index (κ3) is 3.71. The molecule has 0 aliphatic rings. The molecule has 0 aliphatic carbocycles. The van der Waals surface area contributed by atoms with Gasteiger partial charge < -0.3 is 9.47 Å². The van der Waals surface area contributed by atoms with Crippen molar-refractivity contribution < 1.29 is 9.47 Å². The summed E-state index contributed by atoms with van der Waals surface area (Å²) in [5, 5.41) is 4.51. The first-order valence-electron chi connectivity index (χ1n) is 7.97. The SMILES string of the molecule is COc1ccc(-c2ccc(=O)n(Cc3ccc(C)cc3)n2)c(OC)c1. The highest BCUT2D eigenvalue weighted by molar-refractivity contribution is 5.68. The molecule has 0 radical (unpaired) electrons. The molecule has 0 fully saturated rings. The lowest BCUT2D eigenvalue weighted by atomic mass is 10.1. The predicted molar refractivity (Wildman–Crippen MR) is 97.3 cm³/mol. The van der Waals surface area contributed by atoms with Gasteiger partial charge in [-0.15, -0.1) is 0 Å². The Morgan fingerprint density at radius 2 is 1.72 bits per heavy atom. The number of aromatic nitrogens is 2. The fourth-order valence-corrected chi connectivity index (χ4v) is 2.58. The number of nitrogens with zero attached hydrogens (tertiary/aromatic N) is 2. The molecule has 3 aromatic rings. The Labute approximate surface area is 146 Å². The van der Waals surface area contributed by atoms with E-state index in [9.17, 15) is 4.79 Å². The molecule has 5 nitrogen and oxygen atoms in total. The largest absolute Gasteiger partial charge is 0.497 e. The van der Waals surface area contributed by atoms with Gasteiger partial charge in [0, 0.05) is 17.7 Å². The molecule has 5 heteroatoms. The van der Waals surface area contributed by atoms with Gasteiger partial charge in [0.05, 0.1) is 26.5 Å². The monoisotopic (exact) mass is 336 g/mol. The molecule has 0 amide bonds. The van der Waals surface area contributed by atoms with Gasteiger partial charge in [0.2, 0.25) is 0 Å². The molecule has 25 heavy (non-hydrogen) atoms. The molecule has 3 rings (SSSR count). The minimum Gasteiger partial charge on any atom is -0.497 e. The Morgan fingerprint density at radius 1 is 0.960 bits per heavy atom. The highest BCUT2D eigenvalue weighted by atomic mass is 16.5. The quantitative estimate of drug-likeness (QED) is 0.717. The predicted octanol–water partition coefficient (Wildman–Crippen LogP) is 3.28. The van der Waals surface area contributed by atoms with E-state index in [1.807, 2.05) is 43.3 Å². The molecule has 0 spiro atoms. The molecule has 0 unspecified atom stereocenters. The van der Waals surface area contributed by atoms with Crippen LogP contribution in [0.5, 0.6) is 11.5 Å². The average molecular weight is 336 g/mol. The van der Waals surface area contributed by atoms with Crippen molar-refractivity contribution in [1.82, 2.24) is 9.78 Å². The number of benzene rings is 2. The summed E-state index contributed by atoms with van der Waals surface area (Å²) in [7, 11) is 3.20. The third-order valence-electron chi connectivity index (χ3n) is 4.00. The fraction of sp³-hybridized carbons (Fsp3) is 0.200. The lowest BCUT2D eigenvalue weighted by Gasteiger charge is -2.12. The molecule has 0 saturated carbocycles. The van der Waals surface area contributed by atoms with Gasteiger partial charge in [-0.3, -0.25) is 4.79 Å². The Bertz CT molecular complexity index is 930. The van der Waals surface area contributed by atoms with Crippen LogP contribution in [0.3, 0.4) is 0 Å². The molecule has 128 valence electrons. The van der Waals surface area contributed by atoms with Crippen molar-refractivity contribution in [3.63, 3.8) is 0 Å². The van der Waals surface area contributed by atoms with Crippen LogP contribution in [-0.2, 0) is 6.54 Å². The maximum Gasteiger partial charge on any atom is 0.267 e. The molecule has 2 aromatic carbocycles. The number of rotatable bonds is 5. The van der Waals surface area contributed by atoms with Gasteiger partial charge in [-0.1, -0.05) is 29.8 Å². The van der Waals surface area contributed by atoms with Crippen molar-refractivity contribution in [2.75, 3.05) is 14.2 Å². The number of ether oxygens (including phenoxy) is 2. The summed E-state index contributed by atoms with van der Waals surface area (Å²) < 4.78 is 12.1. The van der Waals surface area contributed by atoms with Crippen LogP contribution in [0.1, 0.15) is 11.1 Å². The van der Waals surface area contributed by atoms with Crippen LogP contribution < -0.4 is 15.0 Å². The number of aryl methyl sites for hydroxylation is 1. The third-order valence-corrected chi connectivity index (χ3v) is 4.00. The van der Waals surface area contributed by atoms with E-state index in [2.05, 4.69) is 5.10 Å². The summed E-state index contributed by atoms with van der Waals surface area (Å²) in [6.07, 6.45) is 0. The van der Waals surface area contributed by atoms with E-state index in [4.69, 9.17) is 9.47 Å². The van der Waals surface area contributed by atoms with Crippen molar-refractivity contribution in [2.24, 2.45) is 0 Å². The first kappa shape index (κ1) is 16.8. The van der Waals surface area contributed by atoms with E-state index in [1.165, 1.54) is 16.3 Å². The van der Waals surface area contributed by atoms with Crippen molar-refractivity contribution in [3.8, 4) is 22.8 Å². The van der Waals surface area contributed by atoms with E-state index in [-0.39, 0.29) is 5.56 Å². The Kier molecular flexibility index (Phi) is 4.84. The molecular formula is C20H20N2O3. The van der Waals surface area contributed by atoms with E-state index in [1.54, 1.807) is 26.4 Å². The van der Waals surface area contributed by atoms with Gasteiger partial charge in [-0.25, -0.2) is 4.68 Å². The highest BCUT2D eigenvalue weighted by Crippen LogP contribution is 2.31. The summed E-state index contributed by atoms with van der Waals surface area (Å²) >= 11 is 0. The molecule has 0 bridgehead atoms. The van der Waals surface area contributed by atoms with Crippen molar-refractivity contribution in [3.05, 3.63) is 76.1 Å². The van der Waals surface area contributed by atoms with Crippen LogP contribution in [0.15, 0.2) is 59.4 Å². The highest BCUT2D eigenvalue weighted by Gasteiger charge is 2.11. The van der Waals surface area contributed by atoms with Gasteiger partial charge in [-0.05, 0) is 30.7 Å². The van der Waals surface area contributed by atoms with Gasteiger partial charge in [0.15, 0.2) is 0 Å². The smallest absolute Gasteiger partial charge is 0.267 e. The summed E-state index contributed by atoms with van der Waals surface area (Å²) in [5.41, 5.74) is 3.55. The lowest BCUT2D eigenvalue weighted by Crippen LogP contribution is -2.22. The number of hydrogen-bond acceptors (Lipinski definition) is 4. The standard InChI is InChI=1S/C20H20N2O3/c1-14-4-6-15(7-5-14)13-22-20(23)11-10-18(21-22)17-9-8-16(24-2)12-19(17)25-3/h4-12H,13H2,1-3H3. The first-order valence-corrected chi connectivity index (χ1v) is 7.97. The molecule has 1 heterocycles. The second-order valence-corrected chi connectivity index (χ2v) is 5.77. The number of methoxy groups -OCH3 is 2. The average Bonchev–Trinajstić information content (AvgIpc) is 2.65. The summed E-state index contributed by atoms with van der Waals surface area (Å²) in [4.78, 5) is 12.2. The molecule has 1 aromatic heterocycles. The molecule has 0 atom stereocenters. The summed E-state index contributed by atoms with van der Waals surface area (Å²) in [6, 6.07) is 16.8. The Hall–Kier alpha value is -3.08. The summed E-state index contributed by atoms with van der Waals surface area (Å²) in [5.74, 6) is 1.35. The van der Waals surface area contributed by atoms with Crippen molar-refractivity contribution >= 4 is 0 Å². The van der Waals surface area contributed by atoms with Crippen LogP contribution in [0.2, 0.25) is 0 Å². The normalized spacial score (nSPS) is 10.5. The zero-order valence-electron chi connectivity index (χ0n) is 14.5. The van der Waals surface area contributed by atoms with Gasteiger partial charge in [-0.2, -0.15) is 5.10 Å². The van der Waals surface area contributed by atoms with E-state index >= 15 is 0 Å². The van der Waals surface area contributed by atoms with E-state index < -0.39 is 0 Å². The minimum atomic E-state index is -0.142. The van der Waals surface area contributed by atoms with Crippen LogP contribution in [0.25, 0.3) is 11.3 Å². The zero-order chi connectivity index (χ0) is 17.8.